The van der Waals surface area contributed by atoms with Crippen molar-refractivity contribution in [3.63, 3.8) is 0 Å². The van der Waals surface area contributed by atoms with Crippen LogP contribution in [0.5, 0.6) is 11.5 Å². The second kappa shape index (κ2) is 4.61. The summed E-state index contributed by atoms with van der Waals surface area (Å²) >= 11 is 0. The number of phenolic OH excluding ortho intramolecular Hbond substituents is 1. The lowest BCUT2D eigenvalue weighted by Gasteiger charge is -2.12. The second-order valence-corrected chi connectivity index (χ2v) is 5.19. The number of aryl methyl sites for hydroxylation is 1. The summed E-state index contributed by atoms with van der Waals surface area (Å²) in [5.41, 5.74) is 0.870. The number of phenols is 1. The summed E-state index contributed by atoms with van der Waals surface area (Å²) < 4.78 is 29.8. The zero-order valence-corrected chi connectivity index (χ0v) is 10.3. The summed E-state index contributed by atoms with van der Waals surface area (Å²) in [7, 11) is -3.39. The quantitative estimate of drug-likeness (QED) is 0.842. The van der Waals surface area contributed by atoms with Crippen LogP contribution >= 0.6 is 0 Å². The maximum Gasteiger partial charge on any atom is 0.229 e. The van der Waals surface area contributed by atoms with Crippen molar-refractivity contribution < 1.29 is 18.3 Å². The van der Waals surface area contributed by atoms with Gasteiger partial charge in [-0.05, 0) is 25.5 Å². The number of hydrogen-bond acceptors (Lipinski definition) is 4. The molecule has 0 bridgehead atoms. The van der Waals surface area contributed by atoms with Gasteiger partial charge in [-0.2, -0.15) is 0 Å². The van der Waals surface area contributed by atoms with E-state index in [1.807, 2.05) is 0 Å². The van der Waals surface area contributed by atoms with Gasteiger partial charge in [0.2, 0.25) is 10.0 Å². The highest BCUT2D eigenvalue weighted by Gasteiger charge is 2.11. The van der Waals surface area contributed by atoms with E-state index in [9.17, 15) is 13.5 Å². The number of sulfonamides is 1. The third-order valence-corrected chi connectivity index (χ3v) is 2.48. The molecule has 0 atom stereocenters. The molecule has 0 aliphatic heterocycles. The molecular weight excluding hydrogens is 230 g/mol. The van der Waals surface area contributed by atoms with Crippen LogP contribution in [0.15, 0.2) is 12.1 Å². The minimum Gasteiger partial charge on any atom is -0.508 e. The van der Waals surface area contributed by atoms with Crippen LogP contribution in [0.3, 0.4) is 0 Å². The number of anilines is 1. The van der Waals surface area contributed by atoms with Crippen molar-refractivity contribution in [2.24, 2.45) is 0 Å². The number of rotatable bonds is 4. The van der Waals surface area contributed by atoms with Crippen LogP contribution in [0.2, 0.25) is 0 Å². The average molecular weight is 245 g/mol. The molecule has 0 aromatic heterocycles. The molecule has 1 rings (SSSR count). The summed E-state index contributed by atoms with van der Waals surface area (Å²) in [6, 6.07) is 2.92. The first-order valence-electron chi connectivity index (χ1n) is 4.77. The molecule has 1 aromatic rings. The molecule has 0 saturated carbocycles. The number of benzene rings is 1. The highest BCUT2D eigenvalue weighted by Crippen LogP contribution is 2.32. The highest BCUT2D eigenvalue weighted by atomic mass is 32.2. The highest BCUT2D eigenvalue weighted by molar-refractivity contribution is 7.92. The molecular formula is C10H15NO4S. The minimum absolute atomic E-state index is 0.0228. The fourth-order valence-corrected chi connectivity index (χ4v) is 1.78. The molecule has 6 heteroatoms. The Morgan fingerprint density at radius 3 is 2.56 bits per heavy atom. The molecule has 5 nitrogen and oxygen atoms in total. The summed E-state index contributed by atoms with van der Waals surface area (Å²) in [5, 5.41) is 9.50. The second-order valence-electron chi connectivity index (χ2n) is 3.44. The van der Waals surface area contributed by atoms with Crippen LogP contribution in [0, 0.1) is 6.92 Å². The van der Waals surface area contributed by atoms with Crippen molar-refractivity contribution in [2.45, 2.75) is 13.8 Å². The van der Waals surface area contributed by atoms with Crippen molar-refractivity contribution in [3.05, 3.63) is 17.7 Å². The Bertz CT molecular complexity index is 482. The van der Waals surface area contributed by atoms with Gasteiger partial charge in [0.15, 0.2) is 0 Å². The molecule has 0 fully saturated rings. The Labute approximate surface area is 95.1 Å². The molecule has 0 radical (unpaired) electrons. The predicted octanol–water partition coefficient (Wildman–Crippen LogP) is 1.47. The SMILES string of the molecule is CCOc1cc(C)c(O)cc1NS(C)(=O)=O. The lowest BCUT2D eigenvalue weighted by atomic mass is 10.2. The summed E-state index contributed by atoms with van der Waals surface area (Å²) in [6.45, 7) is 3.93. The largest absolute Gasteiger partial charge is 0.508 e. The number of nitrogens with one attached hydrogen (secondary N) is 1. The lowest BCUT2D eigenvalue weighted by Crippen LogP contribution is -2.11. The van der Waals surface area contributed by atoms with Gasteiger partial charge >= 0.3 is 0 Å². The average Bonchev–Trinajstić information content (AvgIpc) is 2.11. The number of aromatic hydroxyl groups is 1. The molecule has 90 valence electrons. The lowest BCUT2D eigenvalue weighted by molar-refractivity contribution is 0.341. The molecule has 0 unspecified atom stereocenters. The van der Waals surface area contributed by atoms with E-state index >= 15 is 0 Å². The fraction of sp³-hybridized carbons (Fsp3) is 0.400. The van der Waals surface area contributed by atoms with Crippen molar-refractivity contribution in [1.29, 1.82) is 0 Å². The summed E-state index contributed by atoms with van der Waals surface area (Å²) in [5.74, 6) is 0.429. The summed E-state index contributed by atoms with van der Waals surface area (Å²) in [6.07, 6.45) is 1.04. The van der Waals surface area contributed by atoms with E-state index in [1.54, 1.807) is 19.9 Å². The van der Waals surface area contributed by atoms with Crippen LogP contribution < -0.4 is 9.46 Å². The molecule has 0 heterocycles. The molecule has 0 amide bonds. The van der Waals surface area contributed by atoms with Crippen molar-refractivity contribution in [1.82, 2.24) is 0 Å². The Balaban J connectivity index is 3.19. The molecule has 0 aliphatic carbocycles. The van der Waals surface area contributed by atoms with Gasteiger partial charge in [-0.25, -0.2) is 8.42 Å². The zero-order valence-electron chi connectivity index (χ0n) is 9.44. The van der Waals surface area contributed by atoms with Gasteiger partial charge < -0.3 is 9.84 Å². The first kappa shape index (κ1) is 12.6. The van der Waals surface area contributed by atoms with Crippen molar-refractivity contribution >= 4 is 15.7 Å². The van der Waals surface area contributed by atoms with Crippen LogP contribution in [-0.4, -0.2) is 26.4 Å². The zero-order chi connectivity index (χ0) is 12.3. The Morgan fingerprint density at radius 1 is 1.44 bits per heavy atom. The monoisotopic (exact) mass is 245 g/mol. The Hall–Kier alpha value is -1.43. The van der Waals surface area contributed by atoms with E-state index in [-0.39, 0.29) is 11.4 Å². The first-order valence-corrected chi connectivity index (χ1v) is 6.67. The third-order valence-electron chi connectivity index (χ3n) is 1.89. The standard InChI is InChI=1S/C10H15NO4S/c1-4-15-10-5-7(2)9(12)6-8(10)11-16(3,13)14/h5-6,11-12H,4H2,1-3H3. The number of ether oxygens (including phenoxy) is 1. The first-order chi connectivity index (χ1) is 7.33. The molecule has 2 N–H and O–H groups in total. The Morgan fingerprint density at radius 2 is 2.06 bits per heavy atom. The normalized spacial score (nSPS) is 11.2. The van der Waals surface area contributed by atoms with Gasteiger partial charge in [0, 0.05) is 6.07 Å². The molecule has 0 spiro atoms. The van der Waals surface area contributed by atoms with Gasteiger partial charge in [-0.1, -0.05) is 0 Å². The van der Waals surface area contributed by atoms with Crippen molar-refractivity contribution in [3.8, 4) is 11.5 Å². The van der Waals surface area contributed by atoms with Gasteiger partial charge in [0.05, 0.1) is 18.6 Å². The van der Waals surface area contributed by atoms with E-state index in [4.69, 9.17) is 4.74 Å². The van der Waals surface area contributed by atoms with Crippen LogP contribution in [0.25, 0.3) is 0 Å². The topological polar surface area (TPSA) is 75.6 Å². The van der Waals surface area contributed by atoms with Crippen LogP contribution in [-0.2, 0) is 10.0 Å². The minimum atomic E-state index is -3.39. The van der Waals surface area contributed by atoms with Crippen molar-refractivity contribution in [2.75, 3.05) is 17.6 Å². The van der Waals surface area contributed by atoms with E-state index in [1.165, 1.54) is 6.07 Å². The molecule has 0 saturated heterocycles. The molecule has 1 aromatic carbocycles. The van der Waals surface area contributed by atoms with Gasteiger partial charge in [0.1, 0.15) is 11.5 Å². The van der Waals surface area contributed by atoms with Crippen LogP contribution in [0.4, 0.5) is 5.69 Å². The van der Waals surface area contributed by atoms with Gasteiger partial charge in [-0.3, -0.25) is 4.72 Å². The van der Waals surface area contributed by atoms with E-state index in [0.29, 0.717) is 17.9 Å². The van der Waals surface area contributed by atoms with E-state index in [2.05, 4.69) is 4.72 Å². The van der Waals surface area contributed by atoms with E-state index < -0.39 is 10.0 Å². The smallest absolute Gasteiger partial charge is 0.229 e. The fourth-order valence-electron chi connectivity index (χ4n) is 1.22. The summed E-state index contributed by atoms with van der Waals surface area (Å²) in [4.78, 5) is 0. The third kappa shape index (κ3) is 3.30. The van der Waals surface area contributed by atoms with E-state index in [0.717, 1.165) is 6.26 Å². The van der Waals surface area contributed by atoms with Crippen LogP contribution in [0.1, 0.15) is 12.5 Å². The number of hydrogen-bond donors (Lipinski definition) is 2. The molecule has 0 aliphatic rings. The van der Waals surface area contributed by atoms with Gasteiger partial charge in [0.25, 0.3) is 0 Å². The Kier molecular flexibility index (Phi) is 3.64. The predicted molar refractivity (Wildman–Crippen MR) is 62.5 cm³/mol. The maximum absolute atomic E-state index is 11.1. The maximum atomic E-state index is 11.1. The molecule has 16 heavy (non-hydrogen) atoms. The van der Waals surface area contributed by atoms with Gasteiger partial charge in [-0.15, -0.1) is 0 Å².